The van der Waals surface area contributed by atoms with E-state index in [2.05, 4.69) is 10.2 Å². The molecule has 3 heterocycles. The predicted molar refractivity (Wildman–Crippen MR) is 77.7 cm³/mol. The van der Waals surface area contributed by atoms with E-state index in [0.29, 0.717) is 13.0 Å². The minimum atomic E-state index is -0.267. The number of aromatic amines is 1. The average Bonchev–Trinajstić information content (AvgIpc) is 3.08. The molecule has 5 nitrogen and oxygen atoms in total. The van der Waals surface area contributed by atoms with Crippen LogP contribution in [-0.4, -0.2) is 45.3 Å². The summed E-state index contributed by atoms with van der Waals surface area (Å²) in [5.41, 5.74) is 1.72. The molecule has 2 N–H and O–H groups in total. The summed E-state index contributed by atoms with van der Waals surface area (Å²) in [5.74, 6) is 0.0603. The Kier molecular flexibility index (Phi) is 3.84. The molecule has 0 radical (unpaired) electrons. The summed E-state index contributed by atoms with van der Waals surface area (Å²) in [6.07, 6.45) is 5.63. The van der Waals surface area contributed by atoms with Crippen molar-refractivity contribution in [1.29, 1.82) is 0 Å². The summed E-state index contributed by atoms with van der Waals surface area (Å²) in [5, 5.41) is 18.2. The van der Waals surface area contributed by atoms with Crippen LogP contribution < -0.4 is 0 Å². The Morgan fingerprint density at radius 3 is 3.15 bits per heavy atom. The van der Waals surface area contributed by atoms with Crippen LogP contribution in [0.25, 0.3) is 10.4 Å². The average molecular weight is 291 g/mol. The van der Waals surface area contributed by atoms with Gasteiger partial charge in [0.25, 0.3) is 5.91 Å². The third kappa shape index (κ3) is 2.76. The van der Waals surface area contributed by atoms with Gasteiger partial charge in [-0.15, -0.1) is 11.3 Å². The Hall–Kier alpha value is -1.66. The standard InChI is InChI=1S/C14H17N3O2S/c18-12-2-1-4-17(5-3-12)14(19)10-6-13(20-9-10)11-7-15-16-8-11/h6-9,12,18H,1-5H2,(H,15,16). The topological polar surface area (TPSA) is 69.2 Å². The number of thiophene rings is 1. The first kappa shape index (κ1) is 13.3. The molecule has 2 aromatic heterocycles. The summed E-state index contributed by atoms with van der Waals surface area (Å²) in [6.45, 7) is 1.36. The monoisotopic (exact) mass is 291 g/mol. The van der Waals surface area contributed by atoms with Crippen molar-refractivity contribution < 1.29 is 9.90 Å². The highest BCUT2D eigenvalue weighted by molar-refractivity contribution is 7.13. The molecule has 106 valence electrons. The van der Waals surface area contributed by atoms with Crippen LogP contribution in [0.3, 0.4) is 0 Å². The van der Waals surface area contributed by atoms with E-state index < -0.39 is 0 Å². The number of aliphatic hydroxyl groups is 1. The van der Waals surface area contributed by atoms with Gasteiger partial charge >= 0.3 is 0 Å². The molecule has 0 aliphatic carbocycles. The molecule has 20 heavy (non-hydrogen) atoms. The zero-order valence-corrected chi connectivity index (χ0v) is 11.9. The van der Waals surface area contributed by atoms with Gasteiger partial charge in [-0.1, -0.05) is 0 Å². The zero-order chi connectivity index (χ0) is 13.9. The number of aromatic nitrogens is 2. The van der Waals surface area contributed by atoms with Crippen LogP contribution >= 0.6 is 11.3 Å². The van der Waals surface area contributed by atoms with Crippen LogP contribution in [0.15, 0.2) is 23.8 Å². The highest BCUT2D eigenvalue weighted by Crippen LogP contribution is 2.27. The lowest BCUT2D eigenvalue weighted by atomic mass is 10.2. The number of aliphatic hydroxyl groups excluding tert-OH is 1. The molecule has 6 heteroatoms. The van der Waals surface area contributed by atoms with Crippen LogP contribution in [-0.2, 0) is 0 Å². The molecule has 3 rings (SSSR count). The minimum Gasteiger partial charge on any atom is -0.393 e. The molecule has 2 aromatic rings. The lowest BCUT2D eigenvalue weighted by Gasteiger charge is -2.19. The summed E-state index contributed by atoms with van der Waals surface area (Å²) in [7, 11) is 0. The summed E-state index contributed by atoms with van der Waals surface area (Å²) < 4.78 is 0. The van der Waals surface area contributed by atoms with Crippen LogP contribution in [0.2, 0.25) is 0 Å². The van der Waals surface area contributed by atoms with Gasteiger partial charge < -0.3 is 10.0 Å². The van der Waals surface area contributed by atoms with Gasteiger partial charge in [-0.3, -0.25) is 9.89 Å². The molecule has 1 aliphatic heterocycles. The molecule has 0 bridgehead atoms. The van der Waals surface area contributed by atoms with E-state index in [1.165, 1.54) is 0 Å². The lowest BCUT2D eigenvalue weighted by molar-refractivity contribution is 0.0753. The number of hydrogen-bond acceptors (Lipinski definition) is 4. The highest BCUT2D eigenvalue weighted by atomic mass is 32.1. The highest BCUT2D eigenvalue weighted by Gasteiger charge is 2.21. The second-order valence-electron chi connectivity index (χ2n) is 5.06. The third-order valence-electron chi connectivity index (χ3n) is 3.61. The quantitative estimate of drug-likeness (QED) is 0.890. The number of carbonyl (C=O) groups excluding carboxylic acids is 1. The largest absolute Gasteiger partial charge is 0.393 e. The number of likely N-dealkylation sites (tertiary alicyclic amines) is 1. The lowest BCUT2D eigenvalue weighted by Crippen LogP contribution is -2.31. The third-order valence-corrected chi connectivity index (χ3v) is 4.59. The minimum absolute atomic E-state index is 0.0603. The summed E-state index contributed by atoms with van der Waals surface area (Å²) in [4.78, 5) is 15.4. The van der Waals surface area contributed by atoms with E-state index >= 15 is 0 Å². The van der Waals surface area contributed by atoms with Crippen molar-refractivity contribution in [3.63, 3.8) is 0 Å². The van der Waals surface area contributed by atoms with Crippen molar-refractivity contribution in [1.82, 2.24) is 15.1 Å². The van der Waals surface area contributed by atoms with E-state index in [1.807, 2.05) is 22.5 Å². The summed E-state index contributed by atoms with van der Waals surface area (Å²) in [6, 6.07) is 1.92. The Labute approximate surface area is 121 Å². The van der Waals surface area contributed by atoms with Crippen LogP contribution in [0, 0.1) is 0 Å². The first-order valence-electron chi connectivity index (χ1n) is 6.79. The first-order valence-corrected chi connectivity index (χ1v) is 7.67. The maximum atomic E-state index is 12.5. The van der Waals surface area contributed by atoms with E-state index in [-0.39, 0.29) is 12.0 Å². The maximum absolute atomic E-state index is 12.5. The van der Waals surface area contributed by atoms with Gasteiger partial charge in [0.1, 0.15) is 0 Å². The molecule has 0 aromatic carbocycles. The second kappa shape index (κ2) is 5.76. The molecule has 1 saturated heterocycles. The molecule has 0 saturated carbocycles. The molecule has 1 unspecified atom stereocenters. The fourth-order valence-electron chi connectivity index (χ4n) is 2.45. The molecule has 0 spiro atoms. The molecule has 1 fully saturated rings. The number of rotatable bonds is 2. The molecular weight excluding hydrogens is 274 g/mol. The maximum Gasteiger partial charge on any atom is 0.254 e. The van der Waals surface area contributed by atoms with Crippen molar-refractivity contribution >= 4 is 17.2 Å². The SMILES string of the molecule is O=C(c1csc(-c2cn[nH]c2)c1)N1CCCC(O)CC1. The van der Waals surface area contributed by atoms with Crippen molar-refractivity contribution in [3.8, 4) is 10.4 Å². The van der Waals surface area contributed by atoms with Crippen molar-refractivity contribution in [2.75, 3.05) is 13.1 Å². The van der Waals surface area contributed by atoms with Gasteiger partial charge in [0.05, 0.1) is 17.9 Å². The normalized spacial score (nSPS) is 19.9. The zero-order valence-electron chi connectivity index (χ0n) is 11.1. The van der Waals surface area contributed by atoms with Gasteiger partial charge in [0.15, 0.2) is 0 Å². The second-order valence-corrected chi connectivity index (χ2v) is 5.97. The molecule has 1 aliphatic rings. The Morgan fingerprint density at radius 2 is 2.35 bits per heavy atom. The number of amides is 1. The van der Waals surface area contributed by atoms with Gasteiger partial charge in [-0.2, -0.15) is 5.10 Å². The number of hydrogen-bond donors (Lipinski definition) is 2. The van der Waals surface area contributed by atoms with Crippen molar-refractivity contribution in [2.24, 2.45) is 0 Å². The Balaban J connectivity index is 1.74. The Morgan fingerprint density at radius 1 is 1.45 bits per heavy atom. The van der Waals surface area contributed by atoms with Gasteiger partial charge in [-0.05, 0) is 25.3 Å². The summed E-state index contributed by atoms with van der Waals surface area (Å²) >= 11 is 1.55. The van der Waals surface area contributed by atoms with Gasteiger partial charge in [-0.25, -0.2) is 0 Å². The van der Waals surface area contributed by atoms with Crippen molar-refractivity contribution in [2.45, 2.75) is 25.4 Å². The number of nitrogens with one attached hydrogen (secondary N) is 1. The molecule has 1 atom stereocenters. The van der Waals surface area contributed by atoms with Crippen molar-refractivity contribution in [3.05, 3.63) is 29.4 Å². The smallest absolute Gasteiger partial charge is 0.254 e. The van der Waals surface area contributed by atoms with Crippen LogP contribution in [0.4, 0.5) is 0 Å². The number of nitrogens with zero attached hydrogens (tertiary/aromatic N) is 2. The van der Waals surface area contributed by atoms with E-state index in [4.69, 9.17) is 0 Å². The number of carbonyl (C=O) groups is 1. The van der Waals surface area contributed by atoms with Gasteiger partial charge in [0.2, 0.25) is 0 Å². The molecular formula is C14H17N3O2S. The van der Waals surface area contributed by atoms with Crippen LogP contribution in [0.1, 0.15) is 29.6 Å². The van der Waals surface area contributed by atoms with E-state index in [0.717, 1.165) is 35.4 Å². The first-order chi connectivity index (χ1) is 9.74. The fraction of sp³-hybridized carbons (Fsp3) is 0.429. The van der Waals surface area contributed by atoms with E-state index in [1.54, 1.807) is 17.5 Å². The molecule has 1 amide bonds. The predicted octanol–water partition coefficient (Wildman–Crippen LogP) is 2.13. The van der Waals surface area contributed by atoms with Crippen LogP contribution in [0.5, 0.6) is 0 Å². The Bertz CT molecular complexity index is 579. The van der Waals surface area contributed by atoms with Gasteiger partial charge in [0, 0.05) is 35.1 Å². The number of H-pyrrole nitrogens is 1. The fourth-order valence-corrected chi connectivity index (χ4v) is 3.32. The van der Waals surface area contributed by atoms with E-state index in [9.17, 15) is 9.90 Å².